The molecule has 0 bridgehead atoms. The lowest BCUT2D eigenvalue weighted by Crippen LogP contribution is -2.41. The van der Waals surface area contributed by atoms with Crippen molar-refractivity contribution in [2.45, 2.75) is 11.0 Å². The number of carbonyl (C=O) groups is 2. The van der Waals surface area contributed by atoms with Crippen molar-refractivity contribution >= 4 is 23.6 Å². The number of carbonyl (C=O) groups excluding carboxylic acids is 2. The van der Waals surface area contributed by atoms with Crippen LogP contribution in [0.1, 0.15) is 15.9 Å². The van der Waals surface area contributed by atoms with Crippen molar-refractivity contribution in [1.29, 1.82) is 5.26 Å². The Labute approximate surface area is 144 Å². The van der Waals surface area contributed by atoms with Crippen LogP contribution in [0.4, 0.5) is 0 Å². The van der Waals surface area contributed by atoms with E-state index in [0.717, 1.165) is 5.56 Å². The highest BCUT2D eigenvalue weighted by Crippen LogP contribution is 2.18. The Morgan fingerprint density at radius 1 is 1.21 bits per heavy atom. The van der Waals surface area contributed by atoms with E-state index in [4.69, 9.17) is 9.68 Å². The minimum absolute atomic E-state index is 0.0586. The van der Waals surface area contributed by atoms with E-state index in [-0.39, 0.29) is 24.9 Å². The molecule has 6 nitrogen and oxygen atoms in total. The van der Waals surface area contributed by atoms with E-state index in [2.05, 4.69) is 10.6 Å². The lowest BCUT2D eigenvalue weighted by Gasteiger charge is -2.16. The van der Waals surface area contributed by atoms with Gasteiger partial charge in [0.15, 0.2) is 0 Å². The van der Waals surface area contributed by atoms with Crippen molar-refractivity contribution in [3.8, 4) is 6.07 Å². The van der Waals surface area contributed by atoms with E-state index in [1.165, 1.54) is 24.3 Å². The van der Waals surface area contributed by atoms with Crippen LogP contribution in [-0.4, -0.2) is 30.2 Å². The molecule has 0 aliphatic rings. The second-order valence-electron chi connectivity index (χ2n) is 4.88. The first-order valence-corrected chi connectivity index (χ1v) is 8.36. The summed E-state index contributed by atoms with van der Waals surface area (Å²) in [5, 5.41) is 13.4. The molecule has 2 N–H and O–H groups in total. The van der Waals surface area contributed by atoms with E-state index >= 15 is 0 Å². The zero-order chi connectivity index (χ0) is 17.2. The molecule has 0 fully saturated rings. The fourth-order valence-corrected chi connectivity index (χ4v) is 2.94. The topological polar surface area (TPSA) is 95.1 Å². The lowest BCUT2D eigenvalue weighted by atomic mass is 10.2. The summed E-state index contributed by atoms with van der Waals surface area (Å²) in [6.45, 7) is 0.107. The third-order valence-corrected chi connectivity index (χ3v) is 4.44. The van der Waals surface area contributed by atoms with Gasteiger partial charge in [0.2, 0.25) is 5.91 Å². The van der Waals surface area contributed by atoms with Crippen LogP contribution >= 0.6 is 11.8 Å². The van der Waals surface area contributed by atoms with E-state index in [1.54, 1.807) is 6.07 Å². The maximum Gasteiger partial charge on any atom is 0.254 e. The van der Waals surface area contributed by atoms with Gasteiger partial charge >= 0.3 is 0 Å². The molecule has 0 spiro atoms. The molecule has 0 saturated carbocycles. The minimum atomic E-state index is -0.491. The Kier molecular flexibility index (Phi) is 6.92. The molecule has 24 heavy (non-hydrogen) atoms. The van der Waals surface area contributed by atoms with Gasteiger partial charge in [-0.25, -0.2) is 0 Å². The van der Waals surface area contributed by atoms with E-state index < -0.39 is 5.25 Å². The number of hydrogen-bond donors (Lipinski definition) is 2. The molecule has 7 heteroatoms. The van der Waals surface area contributed by atoms with Gasteiger partial charge in [0.25, 0.3) is 5.91 Å². The Hall–Kier alpha value is -2.72. The van der Waals surface area contributed by atoms with Crippen molar-refractivity contribution in [2.75, 3.05) is 13.1 Å². The zero-order valence-electron chi connectivity index (χ0n) is 12.9. The highest BCUT2D eigenvalue weighted by atomic mass is 32.2. The van der Waals surface area contributed by atoms with Crippen molar-refractivity contribution in [3.63, 3.8) is 0 Å². The third-order valence-electron chi connectivity index (χ3n) is 3.16. The maximum atomic E-state index is 12.2. The number of nitriles is 1. The fourth-order valence-electron chi connectivity index (χ4n) is 1.92. The summed E-state index contributed by atoms with van der Waals surface area (Å²) in [7, 11) is 0. The van der Waals surface area contributed by atoms with Crippen LogP contribution in [0, 0.1) is 11.3 Å². The van der Waals surface area contributed by atoms with Gasteiger partial charge in [-0.2, -0.15) is 5.26 Å². The molecule has 0 saturated heterocycles. The Balaban J connectivity index is 1.93. The highest BCUT2D eigenvalue weighted by molar-refractivity contribution is 7.99. The van der Waals surface area contributed by atoms with Crippen LogP contribution in [0.25, 0.3) is 0 Å². The number of rotatable bonds is 8. The number of amides is 2. The molecule has 1 atom stereocenters. The Bertz CT molecular complexity index is 696. The quantitative estimate of drug-likeness (QED) is 0.714. The number of hydrogen-bond acceptors (Lipinski definition) is 5. The predicted molar refractivity (Wildman–Crippen MR) is 91.2 cm³/mol. The molecule has 1 heterocycles. The van der Waals surface area contributed by atoms with E-state index in [9.17, 15) is 9.59 Å². The van der Waals surface area contributed by atoms with Crippen LogP contribution in [-0.2, 0) is 10.5 Å². The van der Waals surface area contributed by atoms with Gasteiger partial charge in [-0.1, -0.05) is 30.3 Å². The number of furan rings is 1. The van der Waals surface area contributed by atoms with Crippen LogP contribution in [0.15, 0.2) is 53.3 Å². The summed E-state index contributed by atoms with van der Waals surface area (Å²) in [4.78, 5) is 24.1. The van der Waals surface area contributed by atoms with Gasteiger partial charge in [0, 0.05) is 12.3 Å². The average molecular weight is 343 g/mol. The van der Waals surface area contributed by atoms with Gasteiger partial charge in [-0.3, -0.25) is 9.59 Å². The highest BCUT2D eigenvalue weighted by Gasteiger charge is 2.20. The summed E-state index contributed by atoms with van der Waals surface area (Å²) in [6, 6.07) is 13.2. The normalized spacial score (nSPS) is 11.3. The van der Waals surface area contributed by atoms with Crippen molar-refractivity contribution < 1.29 is 14.0 Å². The molecule has 1 aromatic carbocycles. The molecule has 2 rings (SSSR count). The molecule has 1 unspecified atom stereocenters. The van der Waals surface area contributed by atoms with Gasteiger partial charge in [-0.15, -0.1) is 11.8 Å². The van der Waals surface area contributed by atoms with Gasteiger partial charge in [-0.05, 0) is 11.6 Å². The number of nitrogens with zero attached hydrogens (tertiary/aromatic N) is 1. The van der Waals surface area contributed by atoms with E-state index in [0.29, 0.717) is 11.3 Å². The molecule has 124 valence electrons. The number of thioether (sulfide) groups is 1. The van der Waals surface area contributed by atoms with Gasteiger partial charge < -0.3 is 15.1 Å². The average Bonchev–Trinajstić information content (AvgIpc) is 3.15. The predicted octanol–water partition coefficient (Wildman–Crippen LogP) is 1.95. The number of benzene rings is 1. The summed E-state index contributed by atoms with van der Waals surface area (Å²) in [5.41, 5.74) is 1.49. The second kappa shape index (κ2) is 9.43. The smallest absolute Gasteiger partial charge is 0.254 e. The molecular weight excluding hydrogens is 326 g/mol. The van der Waals surface area contributed by atoms with Crippen LogP contribution < -0.4 is 10.6 Å². The molecule has 2 amide bonds. The van der Waals surface area contributed by atoms with Crippen molar-refractivity contribution in [1.82, 2.24) is 10.6 Å². The monoisotopic (exact) mass is 343 g/mol. The zero-order valence-corrected chi connectivity index (χ0v) is 13.7. The number of nitrogens with one attached hydrogen (secondary N) is 2. The SMILES string of the molecule is N#CCNC(=O)C(CNC(=O)c1ccoc1)SCc1ccccc1. The first kappa shape index (κ1) is 17.6. The van der Waals surface area contributed by atoms with Crippen LogP contribution in [0.2, 0.25) is 0 Å². The molecule has 0 radical (unpaired) electrons. The fraction of sp³-hybridized carbons (Fsp3) is 0.235. The first-order chi connectivity index (χ1) is 11.7. The molecule has 0 aliphatic heterocycles. The van der Waals surface area contributed by atoms with Crippen LogP contribution in [0.3, 0.4) is 0 Å². The Morgan fingerprint density at radius 3 is 2.67 bits per heavy atom. The maximum absolute atomic E-state index is 12.2. The minimum Gasteiger partial charge on any atom is -0.472 e. The van der Waals surface area contributed by atoms with Gasteiger partial charge in [0.1, 0.15) is 18.1 Å². The summed E-state index contributed by atoms with van der Waals surface area (Å²) < 4.78 is 4.87. The largest absolute Gasteiger partial charge is 0.472 e. The molecule has 1 aromatic heterocycles. The molecular formula is C17H17N3O3S. The van der Waals surface area contributed by atoms with E-state index in [1.807, 2.05) is 36.4 Å². The first-order valence-electron chi connectivity index (χ1n) is 7.31. The molecule has 0 aliphatic carbocycles. The Morgan fingerprint density at radius 2 is 2.00 bits per heavy atom. The standard InChI is InChI=1S/C17H17N3O3S/c18-7-8-19-17(22)15(24-12-13-4-2-1-3-5-13)10-20-16(21)14-6-9-23-11-14/h1-6,9,11,15H,8,10,12H2,(H,19,22)(H,20,21). The molecule has 2 aromatic rings. The van der Waals surface area contributed by atoms with Crippen molar-refractivity contribution in [3.05, 3.63) is 60.1 Å². The van der Waals surface area contributed by atoms with Gasteiger partial charge in [0.05, 0.1) is 17.9 Å². The second-order valence-corrected chi connectivity index (χ2v) is 6.07. The lowest BCUT2D eigenvalue weighted by molar-refractivity contribution is -0.120. The van der Waals surface area contributed by atoms with Crippen molar-refractivity contribution in [2.24, 2.45) is 0 Å². The summed E-state index contributed by atoms with van der Waals surface area (Å²) >= 11 is 1.41. The van der Waals surface area contributed by atoms with Crippen LogP contribution in [0.5, 0.6) is 0 Å². The third kappa shape index (κ3) is 5.48. The summed E-state index contributed by atoms with van der Waals surface area (Å²) in [6.07, 6.45) is 2.76. The summed E-state index contributed by atoms with van der Waals surface area (Å²) in [5.74, 6) is 0.0553.